The number of carbonyl (C=O) groups is 2. The van der Waals surface area contributed by atoms with E-state index in [2.05, 4.69) is 5.32 Å². The van der Waals surface area contributed by atoms with Crippen LogP contribution in [0.1, 0.15) is 53.2 Å². The highest BCUT2D eigenvalue weighted by atomic mass is 32.2. The molecule has 3 aromatic rings. The molecule has 1 fully saturated rings. The van der Waals surface area contributed by atoms with E-state index in [1.165, 1.54) is 30.0 Å². The Bertz CT molecular complexity index is 1160. The Morgan fingerprint density at radius 2 is 1.97 bits per heavy atom. The highest BCUT2D eigenvalue weighted by Crippen LogP contribution is 2.32. The zero-order valence-electron chi connectivity index (χ0n) is 17.4. The number of ketones is 1. The van der Waals surface area contributed by atoms with Gasteiger partial charge in [0.1, 0.15) is 0 Å². The van der Waals surface area contributed by atoms with Crippen LogP contribution >= 0.6 is 23.1 Å². The van der Waals surface area contributed by atoms with Gasteiger partial charge in [-0.25, -0.2) is 4.98 Å². The first kappa shape index (κ1) is 21.8. The first-order valence-corrected chi connectivity index (χ1v) is 12.3. The minimum atomic E-state index is -0.0551. The van der Waals surface area contributed by atoms with Crippen molar-refractivity contribution >= 4 is 45.7 Å². The van der Waals surface area contributed by atoms with Crippen LogP contribution in [0.25, 0.3) is 10.9 Å². The number of benzene rings is 1. The standard InChI is InChI=1S/C23H25N3O3S2/c1-15(27)24-13-12-17-10-11-21(31-17)20(28)14-30-23-25-19-9-5-4-8-18(19)22(29)26(23)16-6-2-3-7-16/h4-5,8-11,16H,2-3,6-7,12-14H2,1H3,(H,24,27). The lowest BCUT2D eigenvalue weighted by atomic mass is 10.2. The van der Waals surface area contributed by atoms with Crippen molar-refractivity contribution in [2.75, 3.05) is 12.3 Å². The summed E-state index contributed by atoms with van der Waals surface area (Å²) in [4.78, 5) is 43.5. The Labute approximate surface area is 189 Å². The molecule has 31 heavy (non-hydrogen) atoms. The number of para-hydroxylation sites is 1. The highest BCUT2D eigenvalue weighted by molar-refractivity contribution is 7.99. The van der Waals surface area contributed by atoms with Crippen molar-refractivity contribution in [1.82, 2.24) is 14.9 Å². The van der Waals surface area contributed by atoms with Crippen LogP contribution in [0.4, 0.5) is 0 Å². The van der Waals surface area contributed by atoms with Gasteiger partial charge in [-0.15, -0.1) is 11.3 Å². The van der Waals surface area contributed by atoms with Crippen LogP contribution in [-0.2, 0) is 11.2 Å². The molecule has 1 saturated carbocycles. The molecule has 0 atom stereocenters. The molecule has 1 aliphatic rings. The molecule has 1 aromatic carbocycles. The molecular formula is C23H25N3O3S2. The van der Waals surface area contributed by atoms with Gasteiger partial charge in [0.2, 0.25) is 5.91 Å². The summed E-state index contributed by atoms with van der Waals surface area (Å²) in [6.45, 7) is 2.06. The Hall–Kier alpha value is -2.45. The number of thioether (sulfide) groups is 1. The number of amides is 1. The van der Waals surface area contributed by atoms with Gasteiger partial charge >= 0.3 is 0 Å². The predicted molar refractivity (Wildman–Crippen MR) is 125 cm³/mol. The van der Waals surface area contributed by atoms with Crippen molar-refractivity contribution in [3.63, 3.8) is 0 Å². The average Bonchev–Trinajstić information content (AvgIpc) is 3.44. The highest BCUT2D eigenvalue weighted by Gasteiger charge is 2.23. The maximum atomic E-state index is 13.2. The second kappa shape index (κ2) is 9.78. The number of nitrogens with zero attached hydrogens (tertiary/aromatic N) is 2. The SMILES string of the molecule is CC(=O)NCCc1ccc(C(=O)CSc2nc3ccccc3c(=O)n2C2CCCC2)s1. The third-order valence-corrected chi connectivity index (χ3v) is 7.62. The van der Waals surface area contributed by atoms with Crippen molar-refractivity contribution in [1.29, 1.82) is 0 Å². The van der Waals surface area contributed by atoms with Crippen LogP contribution in [-0.4, -0.2) is 33.5 Å². The number of aromatic nitrogens is 2. The molecule has 1 N–H and O–H groups in total. The van der Waals surface area contributed by atoms with E-state index in [9.17, 15) is 14.4 Å². The lowest BCUT2D eigenvalue weighted by molar-refractivity contribution is -0.118. The van der Waals surface area contributed by atoms with Crippen LogP contribution in [0.5, 0.6) is 0 Å². The molecule has 0 spiro atoms. The van der Waals surface area contributed by atoms with E-state index in [0.717, 1.165) is 30.6 Å². The number of hydrogen-bond donors (Lipinski definition) is 1. The summed E-state index contributed by atoms with van der Waals surface area (Å²) in [6.07, 6.45) is 4.89. The number of nitrogens with one attached hydrogen (secondary N) is 1. The van der Waals surface area contributed by atoms with Gasteiger partial charge in [0.25, 0.3) is 5.56 Å². The fraction of sp³-hybridized carbons (Fsp3) is 0.391. The van der Waals surface area contributed by atoms with Crippen molar-refractivity contribution in [3.05, 3.63) is 56.5 Å². The van der Waals surface area contributed by atoms with Crippen molar-refractivity contribution in [2.24, 2.45) is 0 Å². The summed E-state index contributed by atoms with van der Waals surface area (Å²) in [5.74, 6) is 0.213. The first-order valence-electron chi connectivity index (χ1n) is 10.5. The van der Waals surface area contributed by atoms with Gasteiger partial charge in [-0.1, -0.05) is 36.7 Å². The van der Waals surface area contributed by atoms with Crippen LogP contribution in [0, 0.1) is 0 Å². The molecule has 0 saturated heterocycles. The molecular weight excluding hydrogens is 430 g/mol. The van der Waals surface area contributed by atoms with Crippen LogP contribution in [0.15, 0.2) is 46.3 Å². The summed E-state index contributed by atoms with van der Waals surface area (Å²) in [7, 11) is 0. The lowest BCUT2D eigenvalue weighted by Gasteiger charge is -2.18. The number of hydrogen-bond acceptors (Lipinski definition) is 6. The summed E-state index contributed by atoms with van der Waals surface area (Å²) in [5.41, 5.74) is 0.664. The predicted octanol–water partition coefficient (Wildman–Crippen LogP) is 4.23. The maximum Gasteiger partial charge on any atom is 0.262 e. The zero-order chi connectivity index (χ0) is 21.8. The second-order valence-corrected chi connectivity index (χ2v) is 9.85. The summed E-state index contributed by atoms with van der Waals surface area (Å²) >= 11 is 2.81. The molecule has 6 nitrogen and oxygen atoms in total. The number of Topliss-reactive ketones (excluding diaryl/α,β-unsaturated/α-hetero) is 1. The van der Waals surface area contributed by atoms with Gasteiger partial charge in [-0.3, -0.25) is 19.0 Å². The molecule has 162 valence electrons. The number of rotatable bonds is 8. The van der Waals surface area contributed by atoms with Gasteiger partial charge in [0, 0.05) is 24.4 Å². The van der Waals surface area contributed by atoms with E-state index in [1.54, 1.807) is 0 Å². The topological polar surface area (TPSA) is 81.1 Å². The van der Waals surface area contributed by atoms with Crippen molar-refractivity contribution in [2.45, 2.75) is 50.2 Å². The van der Waals surface area contributed by atoms with Crippen molar-refractivity contribution < 1.29 is 9.59 Å². The molecule has 0 aliphatic heterocycles. The van der Waals surface area contributed by atoms with Gasteiger partial charge in [0.05, 0.1) is 21.5 Å². The maximum absolute atomic E-state index is 13.2. The van der Waals surface area contributed by atoms with Crippen LogP contribution in [0.2, 0.25) is 0 Å². The third-order valence-electron chi connectivity index (χ3n) is 5.48. The first-order chi connectivity index (χ1) is 15.0. The van der Waals surface area contributed by atoms with E-state index in [1.807, 2.05) is 41.0 Å². The smallest absolute Gasteiger partial charge is 0.262 e. The fourth-order valence-electron chi connectivity index (χ4n) is 3.94. The van der Waals surface area contributed by atoms with E-state index >= 15 is 0 Å². The molecule has 0 bridgehead atoms. The van der Waals surface area contributed by atoms with Gasteiger partial charge in [-0.2, -0.15) is 0 Å². The van der Waals surface area contributed by atoms with Gasteiger partial charge < -0.3 is 5.32 Å². The van der Waals surface area contributed by atoms with Crippen molar-refractivity contribution in [3.8, 4) is 0 Å². The molecule has 2 aromatic heterocycles. The summed E-state index contributed by atoms with van der Waals surface area (Å²) in [6, 6.07) is 11.3. The Morgan fingerprint density at radius 3 is 2.74 bits per heavy atom. The third kappa shape index (κ3) is 5.07. The van der Waals surface area contributed by atoms with Crippen LogP contribution in [0.3, 0.4) is 0 Å². The zero-order valence-corrected chi connectivity index (χ0v) is 19.1. The average molecular weight is 456 g/mol. The number of carbonyl (C=O) groups excluding carboxylic acids is 2. The lowest BCUT2D eigenvalue weighted by Crippen LogP contribution is -2.26. The molecule has 4 rings (SSSR count). The van der Waals surface area contributed by atoms with Gasteiger partial charge in [-0.05, 0) is 43.5 Å². The number of thiophene rings is 1. The normalized spacial score (nSPS) is 14.2. The Morgan fingerprint density at radius 1 is 1.19 bits per heavy atom. The molecule has 0 unspecified atom stereocenters. The largest absolute Gasteiger partial charge is 0.356 e. The summed E-state index contributed by atoms with van der Waals surface area (Å²) < 4.78 is 1.82. The number of fused-ring (bicyclic) bond motifs is 1. The molecule has 1 aliphatic carbocycles. The molecule has 8 heteroatoms. The van der Waals surface area contributed by atoms with E-state index in [4.69, 9.17) is 4.98 Å². The van der Waals surface area contributed by atoms with Crippen LogP contribution < -0.4 is 10.9 Å². The van der Waals surface area contributed by atoms with E-state index in [0.29, 0.717) is 33.9 Å². The fourth-order valence-corrected chi connectivity index (χ4v) is 5.92. The minimum absolute atomic E-state index is 0.0103. The molecule has 2 heterocycles. The van der Waals surface area contributed by atoms with Gasteiger partial charge in [0.15, 0.2) is 10.9 Å². The quantitative estimate of drug-likeness (QED) is 0.312. The molecule has 1 amide bonds. The second-order valence-electron chi connectivity index (χ2n) is 7.74. The summed E-state index contributed by atoms with van der Waals surface area (Å²) in [5, 5.41) is 4.03. The Kier molecular flexibility index (Phi) is 6.87. The minimum Gasteiger partial charge on any atom is -0.356 e. The van der Waals surface area contributed by atoms with E-state index in [-0.39, 0.29) is 29.0 Å². The Balaban J connectivity index is 1.51. The van der Waals surface area contributed by atoms with E-state index < -0.39 is 0 Å². The molecule has 0 radical (unpaired) electrons. The monoisotopic (exact) mass is 455 g/mol.